The third-order valence-corrected chi connectivity index (χ3v) is 3.89. The Kier molecular flexibility index (Phi) is 4.38. The lowest BCUT2D eigenvalue weighted by molar-refractivity contribution is 0.307. The number of nitrogens with two attached hydrogens (primary N) is 1. The first kappa shape index (κ1) is 13.5. The van der Waals surface area contributed by atoms with Crippen molar-refractivity contribution in [1.82, 2.24) is 0 Å². The van der Waals surface area contributed by atoms with Crippen LogP contribution in [0.15, 0.2) is 40.9 Å². The van der Waals surface area contributed by atoms with Gasteiger partial charge in [0.2, 0.25) is 0 Å². The molecule has 0 aromatic heterocycles. The van der Waals surface area contributed by atoms with Crippen molar-refractivity contribution in [3.63, 3.8) is 0 Å². The molecule has 0 bridgehead atoms. The number of hydrogen-bond acceptors (Lipinski definition) is 2. The molecule has 2 nitrogen and oxygen atoms in total. The van der Waals surface area contributed by atoms with E-state index in [4.69, 9.17) is 33.7 Å². The van der Waals surface area contributed by atoms with Crippen LogP contribution in [0.4, 0.5) is 5.69 Å². The molecule has 0 radical (unpaired) electrons. The van der Waals surface area contributed by atoms with Gasteiger partial charge in [-0.1, -0.05) is 57.3 Å². The van der Waals surface area contributed by atoms with Crippen molar-refractivity contribution < 1.29 is 4.74 Å². The molecule has 94 valence electrons. The molecule has 0 aliphatic heterocycles. The summed E-state index contributed by atoms with van der Waals surface area (Å²) in [6.45, 7) is 0.406. The summed E-state index contributed by atoms with van der Waals surface area (Å²) in [5, 5.41) is 0.843. The highest BCUT2D eigenvalue weighted by Crippen LogP contribution is 2.33. The molecule has 0 spiro atoms. The number of rotatable bonds is 3. The number of hydrogen-bond donors (Lipinski definition) is 1. The summed E-state index contributed by atoms with van der Waals surface area (Å²) in [5.74, 6) is 0.528. The number of anilines is 1. The van der Waals surface area contributed by atoms with E-state index in [1.807, 2.05) is 24.3 Å². The van der Waals surface area contributed by atoms with Crippen molar-refractivity contribution >= 4 is 44.8 Å². The number of nitrogen functional groups attached to an aromatic ring is 1. The predicted molar refractivity (Wildman–Crippen MR) is 79.3 cm³/mol. The molecule has 0 amide bonds. The van der Waals surface area contributed by atoms with Gasteiger partial charge in [-0.25, -0.2) is 0 Å². The SMILES string of the molecule is Nc1cc(Cl)c(Cl)cc1OCc1ccccc1Br. The highest BCUT2D eigenvalue weighted by Gasteiger charge is 2.07. The predicted octanol–water partition coefficient (Wildman–Crippen LogP) is 4.92. The molecule has 0 saturated heterocycles. The lowest BCUT2D eigenvalue weighted by atomic mass is 10.2. The summed E-state index contributed by atoms with van der Waals surface area (Å²) in [7, 11) is 0. The Morgan fingerprint density at radius 2 is 1.78 bits per heavy atom. The van der Waals surface area contributed by atoms with Gasteiger partial charge < -0.3 is 10.5 Å². The van der Waals surface area contributed by atoms with Crippen molar-refractivity contribution in [2.24, 2.45) is 0 Å². The molecule has 0 heterocycles. The fourth-order valence-electron chi connectivity index (χ4n) is 1.44. The summed E-state index contributed by atoms with van der Waals surface area (Å²) < 4.78 is 6.63. The molecule has 0 fully saturated rings. The van der Waals surface area contributed by atoms with Gasteiger partial charge in [-0.15, -0.1) is 0 Å². The fourth-order valence-corrected chi connectivity index (χ4v) is 2.16. The summed E-state index contributed by atoms with van der Waals surface area (Å²) in [6, 6.07) is 11.0. The first-order valence-corrected chi connectivity index (χ1v) is 6.73. The van der Waals surface area contributed by atoms with Gasteiger partial charge in [-0.05, 0) is 12.1 Å². The third kappa shape index (κ3) is 3.10. The van der Waals surface area contributed by atoms with Crippen LogP contribution in [0.5, 0.6) is 5.75 Å². The minimum absolute atomic E-state index is 0.406. The second-order valence-corrected chi connectivity index (χ2v) is 5.35. The van der Waals surface area contributed by atoms with Gasteiger partial charge in [0.25, 0.3) is 0 Å². The summed E-state index contributed by atoms with van der Waals surface area (Å²) >= 11 is 15.2. The molecule has 0 atom stereocenters. The van der Waals surface area contributed by atoms with Gasteiger partial charge in [0, 0.05) is 16.1 Å². The normalized spacial score (nSPS) is 10.4. The van der Waals surface area contributed by atoms with E-state index < -0.39 is 0 Å². The summed E-state index contributed by atoms with van der Waals surface area (Å²) in [4.78, 5) is 0. The van der Waals surface area contributed by atoms with E-state index in [0.717, 1.165) is 10.0 Å². The molecular weight excluding hydrogens is 337 g/mol. The lowest BCUT2D eigenvalue weighted by Gasteiger charge is -2.11. The van der Waals surface area contributed by atoms with Crippen molar-refractivity contribution in [3.05, 3.63) is 56.5 Å². The van der Waals surface area contributed by atoms with E-state index in [9.17, 15) is 0 Å². The summed E-state index contributed by atoms with van der Waals surface area (Å²) in [5.41, 5.74) is 7.31. The minimum atomic E-state index is 0.406. The average Bonchev–Trinajstić information content (AvgIpc) is 2.34. The zero-order valence-electron chi connectivity index (χ0n) is 9.29. The highest BCUT2D eigenvalue weighted by atomic mass is 79.9. The maximum atomic E-state index is 5.92. The zero-order chi connectivity index (χ0) is 13.1. The van der Waals surface area contributed by atoms with Crippen LogP contribution in [0.1, 0.15) is 5.56 Å². The van der Waals surface area contributed by atoms with Crippen LogP contribution >= 0.6 is 39.1 Å². The van der Waals surface area contributed by atoms with Crippen LogP contribution in [0.2, 0.25) is 10.0 Å². The fraction of sp³-hybridized carbons (Fsp3) is 0.0769. The monoisotopic (exact) mass is 345 g/mol. The largest absolute Gasteiger partial charge is 0.487 e. The van der Waals surface area contributed by atoms with Gasteiger partial charge in [0.05, 0.1) is 15.7 Å². The summed E-state index contributed by atoms with van der Waals surface area (Å²) in [6.07, 6.45) is 0. The van der Waals surface area contributed by atoms with Crippen molar-refractivity contribution in [1.29, 1.82) is 0 Å². The quantitative estimate of drug-likeness (QED) is 0.801. The Bertz CT molecular complexity index is 575. The van der Waals surface area contributed by atoms with E-state index in [-0.39, 0.29) is 0 Å². The molecule has 0 aliphatic rings. The number of benzene rings is 2. The van der Waals surface area contributed by atoms with Gasteiger partial charge in [-0.2, -0.15) is 0 Å². The van der Waals surface area contributed by atoms with Crippen LogP contribution in [0, 0.1) is 0 Å². The number of halogens is 3. The topological polar surface area (TPSA) is 35.2 Å². The molecular formula is C13H10BrCl2NO. The highest BCUT2D eigenvalue weighted by molar-refractivity contribution is 9.10. The molecule has 0 aliphatic carbocycles. The minimum Gasteiger partial charge on any atom is -0.487 e. The first-order valence-electron chi connectivity index (χ1n) is 5.18. The van der Waals surface area contributed by atoms with Crippen LogP contribution in [0.25, 0.3) is 0 Å². The lowest BCUT2D eigenvalue weighted by Crippen LogP contribution is -1.99. The van der Waals surface area contributed by atoms with Crippen molar-refractivity contribution in [2.45, 2.75) is 6.61 Å². The molecule has 2 aromatic carbocycles. The molecule has 5 heteroatoms. The average molecular weight is 347 g/mol. The zero-order valence-corrected chi connectivity index (χ0v) is 12.4. The smallest absolute Gasteiger partial charge is 0.144 e. The van der Waals surface area contributed by atoms with Gasteiger partial charge in [0.1, 0.15) is 12.4 Å². The molecule has 0 saturated carbocycles. The first-order chi connectivity index (χ1) is 8.58. The Balaban J connectivity index is 2.16. The van der Waals surface area contributed by atoms with Crippen LogP contribution in [-0.4, -0.2) is 0 Å². The standard InChI is InChI=1S/C13H10BrCl2NO/c14-9-4-2-1-3-8(9)7-18-13-6-11(16)10(15)5-12(13)17/h1-6H,7,17H2. The van der Waals surface area contributed by atoms with E-state index in [1.54, 1.807) is 12.1 Å². The van der Waals surface area contributed by atoms with Crippen LogP contribution in [0.3, 0.4) is 0 Å². The molecule has 2 aromatic rings. The van der Waals surface area contributed by atoms with Crippen LogP contribution in [-0.2, 0) is 6.61 Å². The molecule has 2 N–H and O–H groups in total. The van der Waals surface area contributed by atoms with E-state index in [2.05, 4.69) is 15.9 Å². The molecule has 0 unspecified atom stereocenters. The third-order valence-electron chi connectivity index (χ3n) is 2.39. The van der Waals surface area contributed by atoms with Crippen molar-refractivity contribution in [2.75, 3.05) is 5.73 Å². The Labute approximate surface area is 124 Å². The number of ether oxygens (including phenoxy) is 1. The molecule has 18 heavy (non-hydrogen) atoms. The van der Waals surface area contributed by atoms with Gasteiger partial charge in [-0.3, -0.25) is 0 Å². The maximum absolute atomic E-state index is 5.92. The maximum Gasteiger partial charge on any atom is 0.144 e. The van der Waals surface area contributed by atoms with Crippen LogP contribution < -0.4 is 10.5 Å². The Morgan fingerprint density at radius 3 is 2.50 bits per heavy atom. The molecule has 2 rings (SSSR count). The van der Waals surface area contributed by atoms with Gasteiger partial charge in [0.15, 0.2) is 0 Å². The Hall–Kier alpha value is -0.900. The van der Waals surface area contributed by atoms with E-state index in [1.165, 1.54) is 0 Å². The van der Waals surface area contributed by atoms with Crippen molar-refractivity contribution in [3.8, 4) is 5.75 Å². The Morgan fingerprint density at radius 1 is 1.11 bits per heavy atom. The second-order valence-electron chi connectivity index (χ2n) is 3.68. The van der Waals surface area contributed by atoms with E-state index in [0.29, 0.717) is 28.1 Å². The van der Waals surface area contributed by atoms with Gasteiger partial charge >= 0.3 is 0 Å². The van der Waals surface area contributed by atoms with E-state index >= 15 is 0 Å². The second kappa shape index (κ2) is 5.83.